The molecule has 0 amide bonds. The number of aliphatic hydroxyl groups is 2. The van der Waals surface area contributed by atoms with Crippen LogP contribution in [0.1, 0.15) is 38.5 Å². The van der Waals surface area contributed by atoms with Gasteiger partial charge in [0.1, 0.15) is 0 Å². The Morgan fingerprint density at radius 2 is 1.00 bits per heavy atom. The third-order valence-electron chi connectivity index (χ3n) is 2.54. The quantitative estimate of drug-likeness (QED) is 0.583. The van der Waals surface area contributed by atoms with Gasteiger partial charge in [0.25, 0.3) is 0 Å². The molecule has 1 aliphatic carbocycles. The highest BCUT2D eigenvalue weighted by molar-refractivity contribution is 4.90. The zero-order valence-corrected chi connectivity index (χ0v) is 8.60. The van der Waals surface area contributed by atoms with Crippen molar-refractivity contribution in [2.45, 2.75) is 50.7 Å². The van der Waals surface area contributed by atoms with Crippen LogP contribution in [0.25, 0.3) is 0 Å². The summed E-state index contributed by atoms with van der Waals surface area (Å²) in [5, 5.41) is 19.1. The molecule has 0 aromatic rings. The van der Waals surface area contributed by atoms with Crippen molar-refractivity contribution < 1.29 is 10.2 Å². The normalized spacial score (nSPS) is 35.3. The zero-order valence-electron chi connectivity index (χ0n) is 8.60. The van der Waals surface area contributed by atoms with Gasteiger partial charge in [0, 0.05) is 0 Å². The highest BCUT2D eigenvalue weighted by Crippen LogP contribution is 2.10. The van der Waals surface area contributed by atoms with Gasteiger partial charge >= 0.3 is 0 Å². The fourth-order valence-corrected chi connectivity index (χ4v) is 1.58. The Labute approximate surface area is 86.0 Å². The molecule has 0 aliphatic heterocycles. The molecule has 2 unspecified atom stereocenters. The second-order valence-corrected chi connectivity index (χ2v) is 3.81. The molecule has 0 heterocycles. The van der Waals surface area contributed by atoms with E-state index in [4.69, 9.17) is 0 Å². The van der Waals surface area contributed by atoms with Crippen LogP contribution in [0.3, 0.4) is 0 Å². The van der Waals surface area contributed by atoms with Crippen LogP contribution < -0.4 is 0 Å². The standard InChI is InChI=1S/C12H20O2/c13-11-9-7-5-3-1-2-4-6-8-10-12(11)14/h3-6,11-14H,1-2,7-10H2/b5-3-,6-4+. The highest BCUT2D eigenvalue weighted by Gasteiger charge is 2.14. The Bertz CT molecular complexity index is 174. The van der Waals surface area contributed by atoms with E-state index in [2.05, 4.69) is 24.3 Å². The SMILES string of the molecule is OC1CC/C=C\CC/C=C/CCC1O. The van der Waals surface area contributed by atoms with Crippen LogP contribution in [-0.2, 0) is 0 Å². The molecular weight excluding hydrogens is 176 g/mol. The minimum absolute atomic E-state index is 0.563. The summed E-state index contributed by atoms with van der Waals surface area (Å²) in [5.41, 5.74) is 0. The molecule has 0 radical (unpaired) electrons. The van der Waals surface area contributed by atoms with Crippen LogP contribution in [0.2, 0.25) is 0 Å². The number of allylic oxidation sites excluding steroid dienone is 4. The number of hydrogen-bond acceptors (Lipinski definition) is 2. The van der Waals surface area contributed by atoms with Crippen molar-refractivity contribution in [2.75, 3.05) is 0 Å². The fraction of sp³-hybridized carbons (Fsp3) is 0.667. The molecule has 2 atom stereocenters. The van der Waals surface area contributed by atoms with E-state index in [0.29, 0.717) is 12.8 Å². The summed E-state index contributed by atoms with van der Waals surface area (Å²) in [6.07, 6.45) is 12.6. The van der Waals surface area contributed by atoms with Gasteiger partial charge in [-0.15, -0.1) is 0 Å². The van der Waals surface area contributed by atoms with Crippen LogP contribution in [0.4, 0.5) is 0 Å². The van der Waals surface area contributed by atoms with Gasteiger partial charge in [-0.05, 0) is 38.5 Å². The molecule has 0 fully saturated rings. The molecule has 0 saturated carbocycles. The van der Waals surface area contributed by atoms with Crippen molar-refractivity contribution in [3.63, 3.8) is 0 Å². The van der Waals surface area contributed by atoms with Crippen LogP contribution in [0.5, 0.6) is 0 Å². The molecule has 1 aliphatic rings. The van der Waals surface area contributed by atoms with Gasteiger partial charge in [0.05, 0.1) is 12.2 Å². The number of aliphatic hydroxyl groups excluding tert-OH is 2. The molecule has 0 aromatic carbocycles. The Kier molecular flexibility index (Phi) is 5.57. The van der Waals surface area contributed by atoms with Crippen molar-refractivity contribution in [3.05, 3.63) is 24.3 Å². The molecule has 14 heavy (non-hydrogen) atoms. The van der Waals surface area contributed by atoms with Gasteiger partial charge < -0.3 is 10.2 Å². The summed E-state index contributed by atoms with van der Waals surface area (Å²) in [7, 11) is 0. The lowest BCUT2D eigenvalue weighted by Crippen LogP contribution is -2.25. The topological polar surface area (TPSA) is 40.5 Å². The largest absolute Gasteiger partial charge is 0.390 e. The van der Waals surface area contributed by atoms with E-state index in [0.717, 1.165) is 25.7 Å². The van der Waals surface area contributed by atoms with E-state index in [9.17, 15) is 10.2 Å². The van der Waals surface area contributed by atoms with Gasteiger partial charge in [0.2, 0.25) is 0 Å². The molecule has 2 nitrogen and oxygen atoms in total. The number of hydrogen-bond donors (Lipinski definition) is 2. The van der Waals surface area contributed by atoms with Gasteiger partial charge in [-0.25, -0.2) is 0 Å². The molecule has 0 spiro atoms. The average Bonchev–Trinajstić information content (AvgIpc) is 2.18. The van der Waals surface area contributed by atoms with Crippen molar-refractivity contribution >= 4 is 0 Å². The van der Waals surface area contributed by atoms with Gasteiger partial charge in [0.15, 0.2) is 0 Å². The Balaban J connectivity index is 2.41. The molecular formula is C12H20O2. The second kappa shape index (κ2) is 6.80. The predicted molar refractivity (Wildman–Crippen MR) is 58.0 cm³/mol. The third-order valence-corrected chi connectivity index (χ3v) is 2.54. The second-order valence-electron chi connectivity index (χ2n) is 3.81. The first-order valence-corrected chi connectivity index (χ1v) is 5.47. The Hall–Kier alpha value is -0.600. The van der Waals surface area contributed by atoms with Gasteiger partial charge in [-0.3, -0.25) is 0 Å². The van der Waals surface area contributed by atoms with Gasteiger partial charge in [-0.2, -0.15) is 0 Å². The van der Waals surface area contributed by atoms with Crippen molar-refractivity contribution in [1.82, 2.24) is 0 Å². The fourth-order valence-electron chi connectivity index (χ4n) is 1.58. The van der Waals surface area contributed by atoms with E-state index in [-0.39, 0.29) is 0 Å². The summed E-state index contributed by atoms with van der Waals surface area (Å²) in [6, 6.07) is 0. The first-order valence-electron chi connectivity index (χ1n) is 5.47. The maximum atomic E-state index is 9.55. The predicted octanol–water partition coefficient (Wildman–Crippen LogP) is 2.17. The van der Waals surface area contributed by atoms with Gasteiger partial charge in [-0.1, -0.05) is 24.3 Å². The molecule has 80 valence electrons. The van der Waals surface area contributed by atoms with E-state index in [1.165, 1.54) is 0 Å². The maximum Gasteiger partial charge on any atom is 0.0802 e. The number of rotatable bonds is 0. The molecule has 2 heteroatoms. The minimum atomic E-state index is -0.563. The van der Waals surface area contributed by atoms with Crippen molar-refractivity contribution in [1.29, 1.82) is 0 Å². The van der Waals surface area contributed by atoms with E-state index < -0.39 is 12.2 Å². The molecule has 2 N–H and O–H groups in total. The summed E-state index contributed by atoms with van der Waals surface area (Å²) in [6.45, 7) is 0. The first kappa shape index (κ1) is 11.5. The summed E-state index contributed by atoms with van der Waals surface area (Å²) < 4.78 is 0. The molecule has 0 saturated heterocycles. The molecule has 1 rings (SSSR count). The molecule has 0 bridgehead atoms. The van der Waals surface area contributed by atoms with E-state index in [1.807, 2.05) is 0 Å². The summed E-state index contributed by atoms with van der Waals surface area (Å²) >= 11 is 0. The zero-order chi connectivity index (χ0) is 10.2. The lowest BCUT2D eigenvalue weighted by atomic mass is 10.0. The first-order chi connectivity index (χ1) is 6.80. The van der Waals surface area contributed by atoms with Crippen LogP contribution in [0.15, 0.2) is 24.3 Å². The maximum absolute atomic E-state index is 9.55. The highest BCUT2D eigenvalue weighted by atomic mass is 16.3. The van der Waals surface area contributed by atoms with Crippen LogP contribution in [-0.4, -0.2) is 22.4 Å². The lowest BCUT2D eigenvalue weighted by molar-refractivity contribution is 0.0111. The van der Waals surface area contributed by atoms with Crippen molar-refractivity contribution in [2.24, 2.45) is 0 Å². The van der Waals surface area contributed by atoms with Crippen molar-refractivity contribution in [3.8, 4) is 0 Å². The van der Waals surface area contributed by atoms with E-state index >= 15 is 0 Å². The minimum Gasteiger partial charge on any atom is -0.390 e. The Morgan fingerprint density at radius 3 is 1.43 bits per heavy atom. The van der Waals surface area contributed by atoms with Crippen LogP contribution in [0, 0.1) is 0 Å². The third kappa shape index (κ3) is 4.58. The monoisotopic (exact) mass is 196 g/mol. The van der Waals surface area contributed by atoms with E-state index in [1.54, 1.807) is 0 Å². The lowest BCUT2D eigenvalue weighted by Gasteiger charge is -2.16. The summed E-state index contributed by atoms with van der Waals surface area (Å²) in [5.74, 6) is 0. The Morgan fingerprint density at radius 1 is 0.643 bits per heavy atom. The smallest absolute Gasteiger partial charge is 0.0802 e. The van der Waals surface area contributed by atoms with Crippen LogP contribution >= 0.6 is 0 Å². The average molecular weight is 196 g/mol. The summed E-state index contributed by atoms with van der Waals surface area (Å²) in [4.78, 5) is 0. The molecule has 0 aromatic heterocycles.